The normalized spacial score (nSPS) is 13.4. The van der Waals surface area contributed by atoms with Crippen LogP contribution in [0.3, 0.4) is 0 Å². The molecule has 23 heavy (non-hydrogen) atoms. The summed E-state index contributed by atoms with van der Waals surface area (Å²) >= 11 is 0. The van der Waals surface area contributed by atoms with Gasteiger partial charge in [0.1, 0.15) is 17.1 Å². The topological polar surface area (TPSA) is 74.5 Å². The van der Waals surface area contributed by atoms with Gasteiger partial charge in [-0.2, -0.15) is 0 Å². The summed E-state index contributed by atoms with van der Waals surface area (Å²) in [5.74, 6) is 1.39. The maximum atomic E-state index is 12.1. The minimum Gasteiger partial charge on any atom is -0.466 e. The number of anilines is 1. The van der Waals surface area contributed by atoms with Gasteiger partial charge in [-0.25, -0.2) is 4.79 Å². The van der Waals surface area contributed by atoms with Gasteiger partial charge < -0.3 is 20.2 Å². The van der Waals surface area contributed by atoms with Crippen molar-refractivity contribution in [2.75, 3.05) is 11.9 Å². The Morgan fingerprint density at radius 1 is 1.30 bits per heavy atom. The summed E-state index contributed by atoms with van der Waals surface area (Å²) in [5.41, 5.74) is 1.34. The number of carbonyl (C=O) groups excluding carboxylic acids is 1. The Bertz CT molecular complexity index is 689. The summed E-state index contributed by atoms with van der Waals surface area (Å²) < 4.78 is 5.45. The van der Waals surface area contributed by atoms with Crippen molar-refractivity contribution in [1.29, 1.82) is 0 Å². The zero-order valence-electron chi connectivity index (χ0n) is 14.1. The van der Waals surface area contributed by atoms with E-state index in [1.54, 1.807) is 19.9 Å². The van der Waals surface area contributed by atoms with Gasteiger partial charge in [0, 0.05) is 11.3 Å². The monoisotopic (exact) mass is 316 g/mol. The molecule has 0 aliphatic carbocycles. The third-order valence-corrected chi connectivity index (χ3v) is 3.86. The van der Waals surface area contributed by atoms with Crippen LogP contribution < -0.4 is 10.6 Å². The summed E-state index contributed by atoms with van der Waals surface area (Å²) in [6, 6.07) is 9.11. The van der Waals surface area contributed by atoms with Crippen LogP contribution >= 0.6 is 0 Å². The number of carbonyl (C=O) groups is 1. The summed E-state index contributed by atoms with van der Waals surface area (Å²) in [7, 11) is 0. The highest BCUT2D eigenvalue weighted by molar-refractivity contribution is 5.90. The molecule has 0 saturated carbocycles. The summed E-state index contributed by atoms with van der Waals surface area (Å²) in [6.07, 6.45) is 0.835. The first-order chi connectivity index (χ1) is 10.8. The molecule has 0 aliphatic heterocycles. The molecule has 0 bridgehead atoms. The van der Waals surface area contributed by atoms with Crippen molar-refractivity contribution in [3.63, 3.8) is 0 Å². The molecule has 0 fully saturated rings. The third-order valence-electron chi connectivity index (χ3n) is 3.86. The van der Waals surface area contributed by atoms with E-state index in [2.05, 4.69) is 10.6 Å². The fraction of sp³-hybridized carbons (Fsp3) is 0.389. The number of rotatable bonds is 5. The van der Waals surface area contributed by atoms with Crippen LogP contribution in [0, 0.1) is 13.8 Å². The highest BCUT2D eigenvalue weighted by atomic mass is 16.3. The molecule has 5 heteroatoms. The standard InChI is InChI=1S/C18H24N2O3/c1-5-14-8-6-7-9-16(14)20-17(21)19-11-18(4,22)15-10-12(2)23-13(15)3/h6-10,22H,5,11H2,1-4H3,(H2,19,20,21). The number of para-hydroxylation sites is 1. The molecule has 124 valence electrons. The van der Waals surface area contributed by atoms with Crippen molar-refractivity contribution in [2.24, 2.45) is 0 Å². The largest absolute Gasteiger partial charge is 0.466 e. The smallest absolute Gasteiger partial charge is 0.319 e. The van der Waals surface area contributed by atoms with E-state index in [0.717, 1.165) is 23.4 Å². The molecule has 0 radical (unpaired) electrons. The number of furan rings is 1. The molecule has 0 saturated heterocycles. The van der Waals surface area contributed by atoms with E-state index >= 15 is 0 Å². The zero-order chi connectivity index (χ0) is 17.0. The quantitative estimate of drug-likeness (QED) is 0.790. The molecule has 0 aliphatic rings. The number of hydrogen-bond donors (Lipinski definition) is 3. The minimum absolute atomic E-state index is 0.0902. The van der Waals surface area contributed by atoms with Crippen LogP contribution in [0.2, 0.25) is 0 Å². The van der Waals surface area contributed by atoms with Gasteiger partial charge >= 0.3 is 6.03 Å². The predicted molar refractivity (Wildman–Crippen MR) is 90.6 cm³/mol. The molecule has 1 heterocycles. The lowest BCUT2D eigenvalue weighted by atomic mass is 9.96. The van der Waals surface area contributed by atoms with Crippen LogP contribution in [0.25, 0.3) is 0 Å². The van der Waals surface area contributed by atoms with Gasteiger partial charge in [0.05, 0.1) is 6.54 Å². The van der Waals surface area contributed by atoms with E-state index in [9.17, 15) is 9.90 Å². The molecule has 5 nitrogen and oxygen atoms in total. The molecule has 2 amide bonds. The summed E-state index contributed by atoms with van der Waals surface area (Å²) in [6.45, 7) is 7.41. The lowest BCUT2D eigenvalue weighted by Gasteiger charge is -2.23. The second-order valence-electron chi connectivity index (χ2n) is 5.92. The molecule has 2 aromatic rings. The van der Waals surface area contributed by atoms with Crippen LogP contribution in [-0.2, 0) is 12.0 Å². The first-order valence-corrected chi connectivity index (χ1v) is 7.76. The van der Waals surface area contributed by atoms with Gasteiger partial charge in [-0.05, 0) is 44.9 Å². The first kappa shape index (κ1) is 17.1. The van der Waals surface area contributed by atoms with E-state index < -0.39 is 5.60 Å². The minimum atomic E-state index is -1.19. The number of nitrogens with one attached hydrogen (secondary N) is 2. The number of aryl methyl sites for hydroxylation is 3. The maximum absolute atomic E-state index is 12.1. The predicted octanol–water partition coefficient (Wildman–Crippen LogP) is 3.49. The Balaban J connectivity index is 2.00. The van der Waals surface area contributed by atoms with E-state index in [1.165, 1.54) is 0 Å². The Hall–Kier alpha value is -2.27. The van der Waals surface area contributed by atoms with Gasteiger partial charge in [-0.15, -0.1) is 0 Å². The van der Waals surface area contributed by atoms with E-state index in [4.69, 9.17) is 4.42 Å². The van der Waals surface area contributed by atoms with E-state index in [-0.39, 0.29) is 12.6 Å². The zero-order valence-corrected chi connectivity index (χ0v) is 14.1. The molecule has 0 spiro atoms. The molecule has 2 rings (SSSR count). The van der Waals surface area contributed by atoms with Crippen molar-refractivity contribution in [2.45, 2.75) is 39.7 Å². The lowest BCUT2D eigenvalue weighted by molar-refractivity contribution is 0.0584. The average molecular weight is 316 g/mol. The van der Waals surface area contributed by atoms with Gasteiger partial charge in [-0.3, -0.25) is 0 Å². The van der Waals surface area contributed by atoms with Crippen molar-refractivity contribution >= 4 is 11.7 Å². The van der Waals surface area contributed by atoms with E-state index in [0.29, 0.717) is 11.3 Å². The third kappa shape index (κ3) is 4.13. The molecular formula is C18H24N2O3. The van der Waals surface area contributed by atoms with Crippen LogP contribution in [0.15, 0.2) is 34.7 Å². The SMILES string of the molecule is CCc1ccccc1NC(=O)NCC(C)(O)c1cc(C)oc1C. The molecule has 1 aromatic heterocycles. The number of amides is 2. The molecule has 1 aromatic carbocycles. The van der Waals surface area contributed by atoms with Crippen molar-refractivity contribution in [3.05, 3.63) is 53.0 Å². The average Bonchev–Trinajstić information content (AvgIpc) is 2.85. The van der Waals surface area contributed by atoms with Crippen molar-refractivity contribution < 1.29 is 14.3 Å². The number of benzene rings is 1. The molecule has 1 atom stereocenters. The summed E-state index contributed by atoms with van der Waals surface area (Å²) in [4.78, 5) is 12.1. The highest BCUT2D eigenvalue weighted by Gasteiger charge is 2.28. The van der Waals surface area contributed by atoms with Crippen LogP contribution in [0.1, 0.15) is 36.5 Å². The van der Waals surface area contributed by atoms with Crippen LogP contribution in [0.4, 0.5) is 10.5 Å². The van der Waals surface area contributed by atoms with Gasteiger partial charge in [0.25, 0.3) is 0 Å². The Morgan fingerprint density at radius 3 is 2.61 bits per heavy atom. The Labute approximate surface area is 136 Å². The van der Waals surface area contributed by atoms with Crippen LogP contribution in [0.5, 0.6) is 0 Å². The molecule has 3 N–H and O–H groups in total. The summed E-state index contributed by atoms with van der Waals surface area (Å²) in [5, 5.41) is 16.1. The first-order valence-electron chi connectivity index (χ1n) is 7.76. The molecular weight excluding hydrogens is 292 g/mol. The Kier molecular flexibility index (Phi) is 5.11. The van der Waals surface area contributed by atoms with Crippen molar-refractivity contribution in [3.8, 4) is 0 Å². The second kappa shape index (κ2) is 6.87. The molecule has 1 unspecified atom stereocenters. The van der Waals surface area contributed by atoms with Crippen LogP contribution in [-0.4, -0.2) is 17.7 Å². The maximum Gasteiger partial charge on any atom is 0.319 e. The fourth-order valence-electron chi connectivity index (χ4n) is 2.63. The number of urea groups is 1. The second-order valence-corrected chi connectivity index (χ2v) is 5.92. The number of aliphatic hydroxyl groups is 1. The number of hydrogen-bond acceptors (Lipinski definition) is 3. The van der Waals surface area contributed by atoms with Gasteiger partial charge in [-0.1, -0.05) is 25.1 Å². The van der Waals surface area contributed by atoms with Gasteiger partial charge in [0.15, 0.2) is 0 Å². The van der Waals surface area contributed by atoms with E-state index in [1.807, 2.05) is 38.1 Å². The van der Waals surface area contributed by atoms with Crippen molar-refractivity contribution in [1.82, 2.24) is 5.32 Å². The fourth-order valence-corrected chi connectivity index (χ4v) is 2.63. The Morgan fingerprint density at radius 2 is 2.00 bits per heavy atom. The highest BCUT2D eigenvalue weighted by Crippen LogP contribution is 2.26. The lowest BCUT2D eigenvalue weighted by Crippen LogP contribution is -2.40. The van der Waals surface area contributed by atoms with Gasteiger partial charge in [0.2, 0.25) is 0 Å².